The molecule has 1 amide bonds. The smallest absolute Gasteiger partial charge is 0.413 e. The number of rotatable bonds is 3. The molecule has 2 rings (SSSR count). The number of nitrogens with zero attached hydrogens (tertiary/aromatic N) is 1. The summed E-state index contributed by atoms with van der Waals surface area (Å²) in [6.07, 6.45) is 1.03. The molecule has 2 aromatic carbocycles. The van der Waals surface area contributed by atoms with Crippen LogP contribution in [0.5, 0.6) is 0 Å². The zero-order chi connectivity index (χ0) is 16.7. The van der Waals surface area contributed by atoms with Crippen molar-refractivity contribution in [2.75, 3.05) is 12.4 Å². The second-order valence-corrected chi connectivity index (χ2v) is 5.18. The first kappa shape index (κ1) is 16.9. The predicted molar refractivity (Wildman–Crippen MR) is 96.9 cm³/mol. The van der Waals surface area contributed by atoms with E-state index in [1.807, 2.05) is 36.4 Å². The number of amides is 1. The Morgan fingerprint density at radius 2 is 1.91 bits per heavy atom. The lowest BCUT2D eigenvalue weighted by atomic mass is 10.2. The molecule has 0 spiro atoms. The highest BCUT2D eigenvalue weighted by atomic mass is 35.5. The second kappa shape index (κ2) is 8.26. The number of halogens is 1. The van der Waals surface area contributed by atoms with E-state index < -0.39 is 6.09 Å². The maximum Gasteiger partial charge on any atom is 0.413 e. The number of hydrogen-bond donors (Lipinski definition) is 2. The van der Waals surface area contributed by atoms with Gasteiger partial charge in [0.05, 0.1) is 18.5 Å². The Morgan fingerprint density at radius 3 is 2.65 bits per heavy atom. The Kier molecular flexibility index (Phi) is 6.08. The standard InChI is InChI=1S/C16H14ClN3O2S/c1-22-16(21)20-15(23)19-14-9-5-4-8-13(14)18-10-11-6-2-3-7-12(11)17/h2-10H,1H3,(H2,19,20,21,23)/b18-10+. The van der Waals surface area contributed by atoms with Gasteiger partial charge in [-0.2, -0.15) is 0 Å². The largest absolute Gasteiger partial charge is 0.453 e. The summed E-state index contributed by atoms with van der Waals surface area (Å²) in [5, 5.41) is 6.01. The second-order valence-electron chi connectivity index (χ2n) is 4.37. The molecular weight excluding hydrogens is 334 g/mol. The van der Waals surface area contributed by atoms with Gasteiger partial charge in [-0.05, 0) is 30.4 Å². The van der Waals surface area contributed by atoms with Gasteiger partial charge >= 0.3 is 6.09 Å². The molecule has 0 saturated carbocycles. The quantitative estimate of drug-likeness (QED) is 0.647. The van der Waals surface area contributed by atoms with Gasteiger partial charge in [0.2, 0.25) is 0 Å². The van der Waals surface area contributed by atoms with E-state index in [0.29, 0.717) is 16.4 Å². The molecule has 0 unspecified atom stereocenters. The van der Waals surface area contributed by atoms with E-state index in [-0.39, 0.29) is 5.11 Å². The van der Waals surface area contributed by atoms with E-state index in [1.165, 1.54) is 7.11 Å². The van der Waals surface area contributed by atoms with Gasteiger partial charge in [-0.15, -0.1) is 0 Å². The average Bonchev–Trinajstić information content (AvgIpc) is 2.55. The zero-order valence-corrected chi connectivity index (χ0v) is 13.8. The lowest BCUT2D eigenvalue weighted by molar-refractivity contribution is 0.177. The molecule has 0 atom stereocenters. The molecule has 0 aromatic heterocycles. The number of thiocarbonyl (C=S) groups is 1. The van der Waals surface area contributed by atoms with Gasteiger partial charge < -0.3 is 10.1 Å². The molecular formula is C16H14ClN3O2S. The van der Waals surface area contributed by atoms with Crippen molar-refractivity contribution in [3.63, 3.8) is 0 Å². The highest BCUT2D eigenvalue weighted by Gasteiger charge is 2.06. The fourth-order valence-electron chi connectivity index (χ4n) is 1.71. The molecule has 23 heavy (non-hydrogen) atoms. The maximum atomic E-state index is 11.1. The Hall–Kier alpha value is -2.44. The number of methoxy groups -OCH3 is 1. The molecule has 0 aliphatic heterocycles. The number of alkyl carbamates (subject to hydrolysis) is 1. The molecule has 0 radical (unpaired) electrons. The fourth-order valence-corrected chi connectivity index (χ4v) is 2.09. The number of anilines is 1. The number of nitrogens with one attached hydrogen (secondary N) is 2. The van der Waals surface area contributed by atoms with Gasteiger partial charge in [-0.3, -0.25) is 10.3 Å². The molecule has 0 bridgehead atoms. The van der Waals surface area contributed by atoms with Gasteiger partial charge in [-0.25, -0.2) is 4.79 Å². The summed E-state index contributed by atoms with van der Waals surface area (Å²) in [6.45, 7) is 0. The van der Waals surface area contributed by atoms with Gasteiger partial charge in [-0.1, -0.05) is 41.9 Å². The van der Waals surface area contributed by atoms with Gasteiger partial charge in [0.25, 0.3) is 0 Å². The van der Waals surface area contributed by atoms with Crippen molar-refractivity contribution in [1.82, 2.24) is 5.32 Å². The number of carbonyl (C=O) groups is 1. The van der Waals surface area contributed by atoms with Crippen LogP contribution in [0.25, 0.3) is 0 Å². The molecule has 0 saturated heterocycles. The summed E-state index contributed by atoms with van der Waals surface area (Å²) < 4.78 is 4.49. The highest BCUT2D eigenvalue weighted by molar-refractivity contribution is 7.80. The van der Waals surface area contributed by atoms with E-state index in [0.717, 1.165) is 5.56 Å². The third-order valence-electron chi connectivity index (χ3n) is 2.80. The van der Waals surface area contributed by atoms with Crippen molar-refractivity contribution in [1.29, 1.82) is 0 Å². The summed E-state index contributed by atoms with van der Waals surface area (Å²) >= 11 is 11.1. The van der Waals surface area contributed by atoms with Crippen LogP contribution >= 0.6 is 23.8 Å². The zero-order valence-electron chi connectivity index (χ0n) is 12.2. The van der Waals surface area contributed by atoms with E-state index in [9.17, 15) is 4.79 Å². The van der Waals surface area contributed by atoms with Crippen molar-refractivity contribution < 1.29 is 9.53 Å². The Labute approximate surface area is 144 Å². The maximum absolute atomic E-state index is 11.1. The molecule has 118 valence electrons. The first-order valence-corrected chi connectivity index (χ1v) is 7.42. The minimum atomic E-state index is -0.639. The number of para-hydroxylation sites is 2. The van der Waals surface area contributed by atoms with E-state index >= 15 is 0 Å². The van der Waals surface area contributed by atoms with Gasteiger partial charge in [0.1, 0.15) is 0 Å². The topological polar surface area (TPSA) is 62.7 Å². The van der Waals surface area contributed by atoms with Crippen LogP contribution < -0.4 is 10.6 Å². The minimum absolute atomic E-state index is 0.122. The summed E-state index contributed by atoms with van der Waals surface area (Å²) in [5.41, 5.74) is 2.11. The van der Waals surface area contributed by atoms with E-state index in [2.05, 4.69) is 20.4 Å². The van der Waals surface area contributed by atoms with E-state index in [1.54, 1.807) is 18.3 Å². The Morgan fingerprint density at radius 1 is 1.22 bits per heavy atom. The molecule has 2 aromatic rings. The number of hydrogen-bond acceptors (Lipinski definition) is 4. The van der Waals surface area contributed by atoms with E-state index in [4.69, 9.17) is 23.8 Å². The molecule has 7 heteroatoms. The van der Waals surface area contributed by atoms with Crippen LogP contribution in [-0.2, 0) is 4.74 Å². The van der Waals surface area contributed by atoms with Crippen LogP contribution in [0.2, 0.25) is 5.02 Å². The normalized spacial score (nSPS) is 10.3. The Bertz CT molecular complexity index is 750. The lowest BCUT2D eigenvalue weighted by Crippen LogP contribution is -2.33. The molecule has 0 aliphatic rings. The number of benzene rings is 2. The SMILES string of the molecule is COC(=O)NC(=S)Nc1ccccc1/N=C/c1ccccc1Cl. The van der Waals surface area contributed by atoms with Crippen molar-refractivity contribution in [2.24, 2.45) is 4.99 Å². The first-order chi connectivity index (χ1) is 11.1. The summed E-state index contributed by atoms with van der Waals surface area (Å²) in [5.74, 6) is 0. The first-order valence-electron chi connectivity index (χ1n) is 6.63. The third kappa shape index (κ3) is 5.05. The molecule has 2 N–H and O–H groups in total. The lowest BCUT2D eigenvalue weighted by Gasteiger charge is -2.10. The third-order valence-corrected chi connectivity index (χ3v) is 3.35. The Balaban J connectivity index is 2.16. The van der Waals surface area contributed by atoms with Crippen molar-refractivity contribution in [2.45, 2.75) is 0 Å². The number of ether oxygens (including phenoxy) is 1. The highest BCUT2D eigenvalue weighted by Crippen LogP contribution is 2.24. The minimum Gasteiger partial charge on any atom is -0.453 e. The number of aliphatic imine (C=N–C) groups is 1. The van der Waals surface area contributed by atoms with Crippen LogP contribution in [0, 0.1) is 0 Å². The fraction of sp³-hybridized carbons (Fsp3) is 0.0625. The molecule has 0 aliphatic carbocycles. The number of carbonyl (C=O) groups excluding carboxylic acids is 1. The molecule has 0 heterocycles. The van der Waals surface area contributed by atoms with Crippen molar-refractivity contribution >= 4 is 52.6 Å². The summed E-state index contributed by atoms with van der Waals surface area (Å²) in [4.78, 5) is 15.6. The van der Waals surface area contributed by atoms with Crippen LogP contribution in [0.1, 0.15) is 5.56 Å². The summed E-state index contributed by atoms with van der Waals surface area (Å²) in [6, 6.07) is 14.7. The van der Waals surface area contributed by atoms with Gasteiger partial charge in [0.15, 0.2) is 5.11 Å². The summed E-state index contributed by atoms with van der Waals surface area (Å²) in [7, 11) is 1.26. The molecule has 0 fully saturated rings. The predicted octanol–water partition coefficient (Wildman–Crippen LogP) is 4.14. The average molecular weight is 348 g/mol. The monoisotopic (exact) mass is 347 g/mol. The van der Waals surface area contributed by atoms with Crippen molar-refractivity contribution in [3.8, 4) is 0 Å². The van der Waals surface area contributed by atoms with Crippen LogP contribution in [0.15, 0.2) is 53.5 Å². The van der Waals surface area contributed by atoms with Crippen LogP contribution in [0.4, 0.5) is 16.2 Å². The van der Waals surface area contributed by atoms with Crippen molar-refractivity contribution in [3.05, 3.63) is 59.1 Å². The molecule has 5 nitrogen and oxygen atoms in total. The van der Waals surface area contributed by atoms with Crippen LogP contribution in [-0.4, -0.2) is 24.5 Å². The van der Waals surface area contributed by atoms with Crippen LogP contribution in [0.3, 0.4) is 0 Å². The van der Waals surface area contributed by atoms with Gasteiger partial charge in [0, 0.05) is 16.8 Å².